The Hall–Kier alpha value is -3.17. The second-order valence-electron chi connectivity index (χ2n) is 7.01. The third kappa shape index (κ3) is 4.52. The third-order valence-corrected chi connectivity index (χ3v) is 4.93. The Kier molecular flexibility index (Phi) is 5.95. The van der Waals surface area contributed by atoms with E-state index in [2.05, 4.69) is 19.9 Å². The number of nitrogens with two attached hydrogens (primary N) is 1. The number of halogens is 3. The van der Waals surface area contributed by atoms with E-state index in [0.29, 0.717) is 11.9 Å². The van der Waals surface area contributed by atoms with Crippen molar-refractivity contribution in [1.82, 2.24) is 10.1 Å². The Bertz CT molecular complexity index is 991. The van der Waals surface area contributed by atoms with Crippen molar-refractivity contribution in [3.05, 3.63) is 58.9 Å². The summed E-state index contributed by atoms with van der Waals surface area (Å²) in [5.41, 5.74) is 5.22. The highest BCUT2D eigenvalue weighted by Gasteiger charge is 2.50. The van der Waals surface area contributed by atoms with Gasteiger partial charge in [-0.15, -0.1) is 0 Å². The number of carbonyl (C=O) groups excluding carboxylic acids is 1. The molecule has 1 aliphatic rings. The lowest BCUT2D eigenvalue weighted by Crippen LogP contribution is -2.21. The summed E-state index contributed by atoms with van der Waals surface area (Å²) in [6.45, 7) is 1.85. The number of hydrogen-bond acceptors (Lipinski definition) is 7. The molecule has 160 valence electrons. The van der Waals surface area contributed by atoms with Gasteiger partial charge in [-0.05, 0) is 37.0 Å². The third-order valence-electron chi connectivity index (χ3n) is 4.93. The number of aliphatic imine (C=N–C) groups is 1. The Morgan fingerprint density at radius 2 is 2.07 bits per heavy atom. The lowest BCUT2D eigenvalue weighted by atomic mass is 9.91. The average molecular weight is 422 g/mol. The molecule has 1 fully saturated rings. The van der Waals surface area contributed by atoms with Crippen molar-refractivity contribution < 1.29 is 27.2 Å². The van der Waals surface area contributed by atoms with E-state index < -0.39 is 23.3 Å². The Morgan fingerprint density at radius 3 is 2.67 bits per heavy atom. The van der Waals surface area contributed by atoms with Gasteiger partial charge in [-0.25, -0.2) is 0 Å². The molecule has 0 saturated heterocycles. The lowest BCUT2D eigenvalue weighted by molar-refractivity contribution is -0.140. The van der Waals surface area contributed by atoms with E-state index in [9.17, 15) is 18.0 Å². The van der Waals surface area contributed by atoms with Crippen LogP contribution in [0.3, 0.4) is 0 Å². The maximum Gasteiger partial charge on any atom is 0.430 e. The van der Waals surface area contributed by atoms with Crippen LogP contribution in [0.1, 0.15) is 42.1 Å². The molecule has 0 aliphatic heterocycles. The number of methoxy groups -OCH3 is 1. The van der Waals surface area contributed by atoms with Crippen molar-refractivity contribution >= 4 is 11.7 Å². The number of alkyl halides is 3. The second-order valence-corrected chi connectivity index (χ2v) is 7.01. The molecule has 7 nitrogen and oxygen atoms in total. The van der Waals surface area contributed by atoms with Gasteiger partial charge in [0.2, 0.25) is 0 Å². The van der Waals surface area contributed by atoms with Crippen molar-refractivity contribution in [3.8, 4) is 0 Å². The van der Waals surface area contributed by atoms with Crippen LogP contribution in [0, 0.1) is 6.92 Å². The van der Waals surface area contributed by atoms with Gasteiger partial charge in [-0.2, -0.15) is 18.2 Å². The quantitative estimate of drug-likeness (QED) is 0.543. The Labute approximate surface area is 170 Å². The zero-order chi connectivity index (χ0) is 21.9. The van der Waals surface area contributed by atoms with Gasteiger partial charge in [-0.1, -0.05) is 29.4 Å². The van der Waals surface area contributed by atoms with Gasteiger partial charge < -0.3 is 15.0 Å². The SMILES string of the molecule is COC(=O)CCN=C(/C=C(\N)C(F)(F)F)c1nc(C2(c3ccccc3C)CC2)no1. The number of hydrogen-bond donors (Lipinski definition) is 1. The van der Waals surface area contributed by atoms with Gasteiger partial charge >= 0.3 is 12.1 Å². The summed E-state index contributed by atoms with van der Waals surface area (Å²) in [4.78, 5) is 19.6. The smallest absolute Gasteiger partial charge is 0.430 e. The molecular formula is C20H21F3N4O3. The van der Waals surface area contributed by atoms with E-state index in [1.165, 1.54) is 7.11 Å². The summed E-state index contributed by atoms with van der Waals surface area (Å²) in [7, 11) is 1.21. The minimum Gasteiger partial charge on any atom is -0.469 e. The van der Waals surface area contributed by atoms with E-state index in [0.717, 1.165) is 24.0 Å². The van der Waals surface area contributed by atoms with Crippen LogP contribution in [0.5, 0.6) is 0 Å². The molecule has 2 N–H and O–H groups in total. The summed E-state index contributed by atoms with van der Waals surface area (Å²) >= 11 is 0. The van der Waals surface area contributed by atoms with Gasteiger partial charge in [0.05, 0.1) is 25.5 Å². The first-order chi connectivity index (χ1) is 14.2. The molecule has 1 aromatic heterocycles. The van der Waals surface area contributed by atoms with Crippen LogP contribution in [0.15, 0.2) is 45.6 Å². The zero-order valence-corrected chi connectivity index (χ0v) is 16.5. The molecule has 0 amide bonds. The minimum absolute atomic E-state index is 0.117. The van der Waals surface area contributed by atoms with E-state index in [1.807, 2.05) is 31.2 Å². The monoisotopic (exact) mass is 422 g/mol. The maximum atomic E-state index is 12.9. The van der Waals surface area contributed by atoms with E-state index in [-0.39, 0.29) is 24.6 Å². The minimum atomic E-state index is -4.75. The number of rotatable bonds is 7. The standard InChI is InChI=1S/C20H21F3N4O3/c1-12-5-3-4-6-13(12)19(8-9-19)18-26-17(30-27-18)14(11-15(24)20(21,22)23)25-10-7-16(28)29-2/h3-6,11H,7-10,24H2,1-2H3/b15-11-,25-14?. The molecule has 30 heavy (non-hydrogen) atoms. The number of aromatic nitrogens is 2. The van der Waals surface area contributed by atoms with Crippen molar-refractivity contribution in [3.63, 3.8) is 0 Å². The summed E-state index contributed by atoms with van der Waals surface area (Å²) in [5, 5.41) is 4.01. The van der Waals surface area contributed by atoms with Gasteiger partial charge in [0, 0.05) is 0 Å². The molecule has 2 aromatic rings. The Balaban J connectivity index is 1.94. The first-order valence-electron chi connectivity index (χ1n) is 9.23. The molecule has 10 heteroatoms. The molecule has 0 unspecified atom stereocenters. The lowest BCUT2D eigenvalue weighted by Gasteiger charge is -2.13. The molecule has 0 bridgehead atoms. The van der Waals surface area contributed by atoms with Gasteiger partial charge in [0.25, 0.3) is 5.89 Å². The zero-order valence-electron chi connectivity index (χ0n) is 16.5. The highest BCUT2D eigenvalue weighted by Crippen LogP contribution is 2.53. The first kappa shape index (κ1) is 21.5. The van der Waals surface area contributed by atoms with Crippen LogP contribution in [0.4, 0.5) is 13.2 Å². The molecule has 1 saturated carbocycles. The summed E-state index contributed by atoms with van der Waals surface area (Å²) in [6.07, 6.45) is -2.64. The molecule has 3 rings (SSSR count). The number of esters is 1. The molecule has 1 aliphatic carbocycles. The fourth-order valence-corrected chi connectivity index (χ4v) is 3.14. The van der Waals surface area contributed by atoms with Crippen molar-refractivity contribution in [2.24, 2.45) is 10.7 Å². The normalized spacial score (nSPS) is 16.4. The molecule has 1 heterocycles. The number of benzene rings is 1. The van der Waals surface area contributed by atoms with Crippen molar-refractivity contribution in [1.29, 1.82) is 0 Å². The highest BCUT2D eigenvalue weighted by atomic mass is 19.4. The van der Waals surface area contributed by atoms with Crippen molar-refractivity contribution in [2.75, 3.05) is 13.7 Å². The number of aryl methyl sites for hydroxylation is 1. The molecule has 0 atom stereocenters. The summed E-state index contributed by atoms with van der Waals surface area (Å²) < 4.78 is 48.5. The van der Waals surface area contributed by atoms with Crippen LogP contribution in [0.2, 0.25) is 0 Å². The largest absolute Gasteiger partial charge is 0.469 e. The predicted octanol–water partition coefficient (Wildman–Crippen LogP) is 3.22. The highest BCUT2D eigenvalue weighted by molar-refractivity contribution is 6.06. The molecular weight excluding hydrogens is 401 g/mol. The number of ether oxygens (including phenoxy) is 1. The number of carbonyl (C=O) groups is 1. The fourth-order valence-electron chi connectivity index (χ4n) is 3.14. The van der Waals surface area contributed by atoms with Gasteiger partial charge in [-0.3, -0.25) is 9.79 Å². The summed E-state index contributed by atoms with van der Waals surface area (Å²) in [6, 6.07) is 7.79. The average Bonchev–Trinajstić information content (AvgIpc) is 3.35. The first-order valence-corrected chi connectivity index (χ1v) is 9.23. The Morgan fingerprint density at radius 1 is 1.37 bits per heavy atom. The van der Waals surface area contributed by atoms with Gasteiger partial charge in [0.15, 0.2) is 5.82 Å². The van der Waals surface area contributed by atoms with Crippen molar-refractivity contribution in [2.45, 2.75) is 37.8 Å². The van der Waals surface area contributed by atoms with Crippen LogP contribution >= 0.6 is 0 Å². The topological polar surface area (TPSA) is 104 Å². The summed E-state index contributed by atoms with van der Waals surface area (Å²) in [5.74, 6) is -0.359. The number of allylic oxidation sites excluding steroid dienone is 2. The molecule has 1 aromatic carbocycles. The second kappa shape index (κ2) is 8.29. The van der Waals surface area contributed by atoms with Gasteiger partial charge in [0.1, 0.15) is 11.4 Å². The van der Waals surface area contributed by atoms with Crippen LogP contribution in [0.25, 0.3) is 0 Å². The van der Waals surface area contributed by atoms with E-state index in [1.54, 1.807) is 0 Å². The van der Waals surface area contributed by atoms with E-state index >= 15 is 0 Å². The number of nitrogens with zero attached hydrogens (tertiary/aromatic N) is 3. The van der Waals surface area contributed by atoms with E-state index in [4.69, 9.17) is 10.3 Å². The molecule has 0 spiro atoms. The fraction of sp³-hybridized carbons (Fsp3) is 0.400. The van der Waals surface area contributed by atoms with Crippen LogP contribution < -0.4 is 5.73 Å². The van der Waals surface area contributed by atoms with Crippen LogP contribution in [-0.2, 0) is 14.9 Å². The molecule has 0 radical (unpaired) electrons. The maximum absolute atomic E-state index is 12.9. The predicted molar refractivity (Wildman–Crippen MR) is 102 cm³/mol. The van der Waals surface area contributed by atoms with Crippen LogP contribution in [-0.4, -0.2) is 41.7 Å².